The lowest BCUT2D eigenvalue weighted by molar-refractivity contribution is 0.415. The monoisotopic (exact) mass is 416 g/mol. The molecule has 0 atom stereocenters. The summed E-state index contributed by atoms with van der Waals surface area (Å²) in [6, 6.07) is 17.4. The summed E-state index contributed by atoms with van der Waals surface area (Å²) in [5, 5.41) is 14.5. The Balaban J connectivity index is 1.36. The summed E-state index contributed by atoms with van der Waals surface area (Å²) in [6.45, 7) is 0. The highest BCUT2D eigenvalue weighted by Gasteiger charge is 2.14. The number of nitrogens with zero attached hydrogens (tertiary/aromatic N) is 6. The standard InChI is InChI=1S/C21H16N6O2S/c1-28-16-9-7-14(8-10-16)20-26-25-18(29-20)12-30-21-17-11-24-27(19(17)22-13-23-21)15-5-3-2-4-6-15/h2-11,13H,12H2,1H3. The molecular formula is C21H16N6O2S. The SMILES string of the molecule is COc1ccc(-c2nnc(CSc3ncnc4c3cnn4-c3ccccc3)o2)cc1. The first kappa shape index (κ1) is 18.3. The van der Waals surface area contributed by atoms with Gasteiger partial charge in [0, 0.05) is 5.56 Å². The number of ether oxygens (including phenoxy) is 1. The van der Waals surface area contributed by atoms with Crippen LogP contribution in [0.3, 0.4) is 0 Å². The lowest BCUT2D eigenvalue weighted by atomic mass is 10.2. The van der Waals surface area contributed by atoms with Crippen molar-refractivity contribution in [3.05, 3.63) is 73.0 Å². The van der Waals surface area contributed by atoms with Crippen molar-refractivity contribution in [2.45, 2.75) is 10.8 Å². The molecule has 3 heterocycles. The maximum atomic E-state index is 5.80. The molecule has 0 radical (unpaired) electrons. The predicted octanol–water partition coefficient (Wildman–Crippen LogP) is 4.17. The average molecular weight is 416 g/mol. The highest BCUT2D eigenvalue weighted by Crippen LogP contribution is 2.29. The summed E-state index contributed by atoms with van der Waals surface area (Å²) in [7, 11) is 1.63. The van der Waals surface area contributed by atoms with Crippen molar-refractivity contribution in [1.29, 1.82) is 0 Å². The minimum absolute atomic E-state index is 0.470. The maximum Gasteiger partial charge on any atom is 0.247 e. The Morgan fingerprint density at radius 1 is 1.00 bits per heavy atom. The molecule has 0 saturated carbocycles. The van der Waals surface area contributed by atoms with E-state index in [1.54, 1.807) is 24.3 Å². The molecule has 0 saturated heterocycles. The summed E-state index contributed by atoms with van der Waals surface area (Å²) >= 11 is 1.51. The second-order valence-electron chi connectivity index (χ2n) is 6.33. The van der Waals surface area contributed by atoms with E-state index >= 15 is 0 Å². The van der Waals surface area contributed by atoms with Crippen molar-refractivity contribution in [3.8, 4) is 22.9 Å². The molecule has 0 aliphatic rings. The van der Waals surface area contributed by atoms with Crippen LogP contribution >= 0.6 is 11.8 Å². The number of rotatable bonds is 6. The van der Waals surface area contributed by atoms with Gasteiger partial charge in [0.05, 0.1) is 30.1 Å². The molecule has 0 unspecified atom stereocenters. The van der Waals surface area contributed by atoms with Crippen LogP contribution in [0.2, 0.25) is 0 Å². The largest absolute Gasteiger partial charge is 0.497 e. The lowest BCUT2D eigenvalue weighted by Crippen LogP contribution is -1.97. The van der Waals surface area contributed by atoms with Gasteiger partial charge in [-0.3, -0.25) is 0 Å². The Morgan fingerprint density at radius 3 is 2.63 bits per heavy atom. The van der Waals surface area contributed by atoms with E-state index in [0.717, 1.165) is 33.1 Å². The second-order valence-corrected chi connectivity index (χ2v) is 7.29. The van der Waals surface area contributed by atoms with Gasteiger partial charge in [0.25, 0.3) is 0 Å². The van der Waals surface area contributed by atoms with Crippen LogP contribution in [0.4, 0.5) is 0 Å². The van der Waals surface area contributed by atoms with E-state index in [9.17, 15) is 0 Å². The minimum atomic E-state index is 0.470. The van der Waals surface area contributed by atoms with Gasteiger partial charge >= 0.3 is 0 Å². The molecule has 9 heteroatoms. The van der Waals surface area contributed by atoms with Gasteiger partial charge < -0.3 is 9.15 Å². The molecule has 5 aromatic rings. The summed E-state index contributed by atoms with van der Waals surface area (Å²) < 4.78 is 12.8. The van der Waals surface area contributed by atoms with Crippen LogP contribution in [-0.2, 0) is 5.75 Å². The van der Waals surface area contributed by atoms with E-state index in [1.807, 2.05) is 54.6 Å². The van der Waals surface area contributed by atoms with Crippen molar-refractivity contribution in [2.24, 2.45) is 0 Å². The molecule has 0 spiro atoms. The normalized spacial score (nSPS) is 11.1. The zero-order chi connectivity index (χ0) is 20.3. The molecular weight excluding hydrogens is 400 g/mol. The summed E-state index contributed by atoms with van der Waals surface area (Å²) in [5.74, 6) is 2.26. The molecule has 2 aromatic carbocycles. The summed E-state index contributed by atoms with van der Waals surface area (Å²) in [6.07, 6.45) is 3.32. The average Bonchev–Trinajstić information content (AvgIpc) is 3.46. The number of hydrogen-bond acceptors (Lipinski definition) is 8. The van der Waals surface area contributed by atoms with E-state index in [0.29, 0.717) is 17.5 Å². The maximum absolute atomic E-state index is 5.80. The fourth-order valence-electron chi connectivity index (χ4n) is 2.99. The molecule has 3 aromatic heterocycles. The van der Waals surface area contributed by atoms with E-state index in [4.69, 9.17) is 9.15 Å². The number of thioether (sulfide) groups is 1. The van der Waals surface area contributed by atoms with E-state index in [2.05, 4.69) is 25.3 Å². The topological polar surface area (TPSA) is 91.8 Å². The Labute approximate surface area is 175 Å². The van der Waals surface area contributed by atoms with Gasteiger partial charge in [0.1, 0.15) is 17.1 Å². The van der Waals surface area contributed by atoms with Crippen molar-refractivity contribution in [3.63, 3.8) is 0 Å². The number of hydrogen-bond donors (Lipinski definition) is 0. The molecule has 8 nitrogen and oxygen atoms in total. The Hall–Kier alpha value is -3.72. The first-order valence-corrected chi connectivity index (χ1v) is 10.1. The molecule has 0 amide bonds. The van der Waals surface area contributed by atoms with Crippen LogP contribution < -0.4 is 4.74 Å². The van der Waals surface area contributed by atoms with Gasteiger partial charge in [-0.2, -0.15) is 5.10 Å². The van der Waals surface area contributed by atoms with Gasteiger partial charge in [-0.1, -0.05) is 30.0 Å². The van der Waals surface area contributed by atoms with Crippen molar-refractivity contribution >= 4 is 22.8 Å². The summed E-state index contributed by atoms with van der Waals surface area (Å²) in [4.78, 5) is 8.81. The quantitative estimate of drug-likeness (QED) is 0.301. The first-order valence-electron chi connectivity index (χ1n) is 9.15. The minimum Gasteiger partial charge on any atom is -0.497 e. The van der Waals surface area contributed by atoms with Crippen molar-refractivity contribution in [1.82, 2.24) is 29.9 Å². The molecule has 0 aliphatic heterocycles. The Kier molecular flexibility index (Phi) is 4.86. The molecule has 0 fully saturated rings. The van der Waals surface area contributed by atoms with E-state index in [1.165, 1.54) is 11.8 Å². The molecule has 5 rings (SSSR count). The highest BCUT2D eigenvalue weighted by molar-refractivity contribution is 7.98. The Bertz CT molecular complexity index is 1280. The number of fused-ring (bicyclic) bond motifs is 1. The number of methoxy groups -OCH3 is 1. The fraction of sp³-hybridized carbons (Fsp3) is 0.0952. The van der Waals surface area contributed by atoms with Gasteiger partial charge in [-0.15, -0.1) is 10.2 Å². The van der Waals surface area contributed by atoms with E-state index in [-0.39, 0.29) is 0 Å². The second kappa shape index (κ2) is 7.96. The van der Waals surface area contributed by atoms with E-state index < -0.39 is 0 Å². The lowest BCUT2D eigenvalue weighted by Gasteiger charge is -2.03. The summed E-state index contributed by atoms with van der Waals surface area (Å²) in [5.41, 5.74) is 2.54. The predicted molar refractivity (Wildman–Crippen MR) is 113 cm³/mol. The third kappa shape index (κ3) is 3.50. The van der Waals surface area contributed by atoms with Crippen LogP contribution in [0.5, 0.6) is 5.75 Å². The Morgan fingerprint density at radius 2 is 1.83 bits per heavy atom. The van der Waals surface area contributed by atoms with Gasteiger partial charge in [0.15, 0.2) is 5.65 Å². The van der Waals surface area contributed by atoms with Crippen LogP contribution in [0.15, 0.2) is 76.6 Å². The third-order valence-electron chi connectivity index (χ3n) is 4.47. The van der Waals surface area contributed by atoms with Gasteiger partial charge in [-0.25, -0.2) is 14.6 Å². The van der Waals surface area contributed by atoms with Crippen molar-refractivity contribution < 1.29 is 9.15 Å². The zero-order valence-corrected chi connectivity index (χ0v) is 16.8. The number of aromatic nitrogens is 6. The fourth-order valence-corrected chi connectivity index (χ4v) is 3.79. The smallest absolute Gasteiger partial charge is 0.247 e. The van der Waals surface area contributed by atoms with Gasteiger partial charge in [0.2, 0.25) is 11.8 Å². The molecule has 148 valence electrons. The van der Waals surface area contributed by atoms with Crippen LogP contribution in [-0.4, -0.2) is 37.1 Å². The highest BCUT2D eigenvalue weighted by atomic mass is 32.2. The third-order valence-corrected chi connectivity index (χ3v) is 5.46. The van der Waals surface area contributed by atoms with Crippen LogP contribution in [0.25, 0.3) is 28.2 Å². The number of benzene rings is 2. The van der Waals surface area contributed by atoms with Crippen LogP contribution in [0, 0.1) is 0 Å². The van der Waals surface area contributed by atoms with Crippen molar-refractivity contribution in [2.75, 3.05) is 7.11 Å². The van der Waals surface area contributed by atoms with Crippen LogP contribution in [0.1, 0.15) is 5.89 Å². The molecule has 0 bridgehead atoms. The number of para-hydroxylation sites is 1. The van der Waals surface area contributed by atoms with Gasteiger partial charge in [-0.05, 0) is 36.4 Å². The molecule has 30 heavy (non-hydrogen) atoms. The molecule has 0 aliphatic carbocycles. The zero-order valence-electron chi connectivity index (χ0n) is 16.0. The first-order chi connectivity index (χ1) is 14.8. The molecule has 0 N–H and O–H groups in total.